The zero-order valence-electron chi connectivity index (χ0n) is 10.6. The molecule has 106 valence electrons. The predicted octanol–water partition coefficient (Wildman–Crippen LogP) is 4.05. The van der Waals surface area contributed by atoms with Crippen LogP contribution in [0.2, 0.25) is 0 Å². The Morgan fingerprint density at radius 2 is 1.79 bits per heavy atom. The van der Waals surface area contributed by atoms with E-state index in [1.807, 2.05) is 0 Å². The number of hydrogen-bond acceptors (Lipinski definition) is 2. The van der Waals surface area contributed by atoms with Crippen LogP contribution in [0.15, 0.2) is 24.3 Å². The molecule has 1 rings (SSSR count). The van der Waals surface area contributed by atoms with E-state index in [1.165, 1.54) is 23.9 Å². The van der Waals surface area contributed by atoms with Gasteiger partial charge >= 0.3 is 12.1 Å². The maximum absolute atomic E-state index is 12.4. The number of alkyl halides is 3. The Bertz CT molecular complexity index is 427. The second kappa shape index (κ2) is 6.32. The van der Waals surface area contributed by atoms with Gasteiger partial charge in [0.1, 0.15) is 5.25 Å². The molecule has 2 nitrogen and oxygen atoms in total. The number of thioether (sulfide) groups is 1. The first-order valence-corrected chi connectivity index (χ1v) is 6.77. The Hall–Kier alpha value is -1.17. The Kier molecular flexibility index (Phi) is 5.29. The average Bonchev–Trinajstić information content (AvgIpc) is 2.27. The minimum Gasteiger partial charge on any atom is -0.480 e. The van der Waals surface area contributed by atoms with Crippen molar-refractivity contribution in [2.75, 3.05) is 0 Å². The van der Waals surface area contributed by atoms with Crippen LogP contribution >= 0.6 is 11.8 Å². The Labute approximate surface area is 114 Å². The van der Waals surface area contributed by atoms with Gasteiger partial charge in [0.15, 0.2) is 0 Å². The summed E-state index contributed by atoms with van der Waals surface area (Å²) in [7, 11) is 0. The molecule has 6 heteroatoms. The van der Waals surface area contributed by atoms with Gasteiger partial charge in [-0.2, -0.15) is 13.2 Å². The van der Waals surface area contributed by atoms with Gasteiger partial charge in [0.25, 0.3) is 0 Å². The standard InChI is InChI=1S/C13H15F3O2S/c1-8(2)11(12(17)18)19-7-9-3-5-10(6-4-9)13(14,15)16/h3-6,8,11H,7H2,1-2H3,(H,17,18). The monoisotopic (exact) mass is 292 g/mol. The van der Waals surface area contributed by atoms with Crippen LogP contribution < -0.4 is 0 Å². The fourth-order valence-corrected chi connectivity index (χ4v) is 2.62. The minimum absolute atomic E-state index is 0.0306. The molecule has 0 bridgehead atoms. The third kappa shape index (κ3) is 4.78. The molecule has 0 aromatic heterocycles. The topological polar surface area (TPSA) is 37.3 Å². The van der Waals surface area contributed by atoms with E-state index in [1.54, 1.807) is 13.8 Å². The summed E-state index contributed by atoms with van der Waals surface area (Å²) in [4.78, 5) is 11.0. The summed E-state index contributed by atoms with van der Waals surface area (Å²) < 4.78 is 37.1. The van der Waals surface area contributed by atoms with Crippen LogP contribution in [0.25, 0.3) is 0 Å². The number of aliphatic carboxylic acids is 1. The number of carbonyl (C=O) groups is 1. The number of rotatable bonds is 5. The van der Waals surface area contributed by atoms with Crippen LogP contribution in [0.4, 0.5) is 13.2 Å². The number of carboxylic acids is 1. The molecule has 0 spiro atoms. The molecule has 0 aliphatic carbocycles. The molecule has 0 amide bonds. The number of benzene rings is 1. The van der Waals surface area contributed by atoms with Gasteiger partial charge in [-0.05, 0) is 23.6 Å². The van der Waals surface area contributed by atoms with Gasteiger partial charge in [-0.15, -0.1) is 11.8 Å². The van der Waals surface area contributed by atoms with Gasteiger partial charge in [0.2, 0.25) is 0 Å². The smallest absolute Gasteiger partial charge is 0.416 e. The summed E-state index contributed by atoms with van der Waals surface area (Å²) in [6, 6.07) is 4.80. The SMILES string of the molecule is CC(C)C(SCc1ccc(C(F)(F)F)cc1)C(=O)O. The maximum atomic E-state index is 12.4. The molecule has 0 heterocycles. The Balaban J connectivity index is 2.66. The number of carboxylic acid groups (broad SMARTS) is 1. The second-order valence-corrected chi connectivity index (χ2v) is 5.64. The van der Waals surface area contributed by atoms with Gasteiger partial charge < -0.3 is 5.11 Å². The first-order valence-electron chi connectivity index (χ1n) is 5.72. The van der Waals surface area contributed by atoms with Crippen molar-refractivity contribution in [3.63, 3.8) is 0 Å². The first-order chi connectivity index (χ1) is 8.71. The van der Waals surface area contributed by atoms with Crippen LogP contribution in [0, 0.1) is 5.92 Å². The van der Waals surface area contributed by atoms with Crippen molar-refractivity contribution < 1.29 is 23.1 Å². The molecule has 0 aliphatic heterocycles. The lowest BCUT2D eigenvalue weighted by atomic mass is 10.1. The van der Waals surface area contributed by atoms with E-state index in [0.717, 1.165) is 12.1 Å². The highest BCUT2D eigenvalue weighted by molar-refractivity contribution is 7.99. The molecule has 0 radical (unpaired) electrons. The van der Waals surface area contributed by atoms with Crippen LogP contribution in [0.1, 0.15) is 25.0 Å². The third-order valence-electron chi connectivity index (χ3n) is 2.56. The van der Waals surface area contributed by atoms with Crippen molar-refractivity contribution in [2.45, 2.75) is 31.0 Å². The van der Waals surface area contributed by atoms with E-state index in [0.29, 0.717) is 11.3 Å². The van der Waals surface area contributed by atoms with Gasteiger partial charge in [0, 0.05) is 5.75 Å². The summed E-state index contributed by atoms with van der Waals surface area (Å²) >= 11 is 1.22. The molecular formula is C13H15F3O2S. The zero-order valence-corrected chi connectivity index (χ0v) is 11.4. The molecule has 0 fully saturated rings. The minimum atomic E-state index is -4.34. The van der Waals surface area contributed by atoms with E-state index in [4.69, 9.17) is 5.11 Å². The Morgan fingerprint density at radius 1 is 1.26 bits per heavy atom. The van der Waals surface area contributed by atoms with E-state index in [9.17, 15) is 18.0 Å². The van der Waals surface area contributed by atoms with E-state index in [-0.39, 0.29) is 5.92 Å². The molecule has 1 aromatic rings. The molecular weight excluding hydrogens is 277 g/mol. The fraction of sp³-hybridized carbons (Fsp3) is 0.462. The highest BCUT2D eigenvalue weighted by Crippen LogP contribution is 2.30. The molecule has 1 unspecified atom stereocenters. The summed E-state index contributed by atoms with van der Waals surface area (Å²) in [6.45, 7) is 3.61. The van der Waals surface area contributed by atoms with Crippen LogP contribution in [0.5, 0.6) is 0 Å². The molecule has 0 aliphatic rings. The molecule has 1 atom stereocenters. The van der Waals surface area contributed by atoms with Crippen molar-refractivity contribution >= 4 is 17.7 Å². The quantitative estimate of drug-likeness (QED) is 0.889. The lowest BCUT2D eigenvalue weighted by molar-refractivity contribution is -0.138. The zero-order chi connectivity index (χ0) is 14.6. The second-order valence-electron chi connectivity index (χ2n) is 4.51. The lowest BCUT2D eigenvalue weighted by Gasteiger charge is -2.15. The van der Waals surface area contributed by atoms with Crippen molar-refractivity contribution in [2.24, 2.45) is 5.92 Å². The summed E-state index contributed by atoms with van der Waals surface area (Å²) in [6.07, 6.45) is -4.34. The van der Waals surface area contributed by atoms with Crippen molar-refractivity contribution in [3.05, 3.63) is 35.4 Å². The molecule has 1 aromatic carbocycles. The van der Waals surface area contributed by atoms with Gasteiger partial charge in [0.05, 0.1) is 5.56 Å². The summed E-state index contributed by atoms with van der Waals surface area (Å²) in [5, 5.41) is 8.45. The Morgan fingerprint density at radius 3 is 2.16 bits per heavy atom. The predicted molar refractivity (Wildman–Crippen MR) is 69.0 cm³/mol. The van der Waals surface area contributed by atoms with Crippen molar-refractivity contribution in [1.82, 2.24) is 0 Å². The average molecular weight is 292 g/mol. The third-order valence-corrected chi connectivity index (χ3v) is 4.16. The molecule has 0 saturated carbocycles. The largest absolute Gasteiger partial charge is 0.480 e. The van der Waals surface area contributed by atoms with Crippen molar-refractivity contribution in [3.8, 4) is 0 Å². The number of halogens is 3. The van der Waals surface area contributed by atoms with Gasteiger partial charge in [-0.3, -0.25) is 4.79 Å². The lowest BCUT2D eigenvalue weighted by Crippen LogP contribution is -2.22. The molecule has 0 saturated heterocycles. The normalized spacial score (nSPS) is 13.6. The maximum Gasteiger partial charge on any atom is 0.416 e. The molecule has 19 heavy (non-hydrogen) atoms. The van der Waals surface area contributed by atoms with Gasteiger partial charge in [-0.1, -0.05) is 26.0 Å². The number of hydrogen-bond donors (Lipinski definition) is 1. The highest BCUT2D eigenvalue weighted by atomic mass is 32.2. The van der Waals surface area contributed by atoms with Crippen LogP contribution in [-0.2, 0) is 16.7 Å². The van der Waals surface area contributed by atoms with E-state index >= 15 is 0 Å². The van der Waals surface area contributed by atoms with Crippen LogP contribution in [-0.4, -0.2) is 16.3 Å². The van der Waals surface area contributed by atoms with E-state index in [2.05, 4.69) is 0 Å². The fourth-order valence-electron chi connectivity index (χ4n) is 1.52. The molecule has 1 N–H and O–H groups in total. The van der Waals surface area contributed by atoms with Crippen molar-refractivity contribution in [1.29, 1.82) is 0 Å². The van der Waals surface area contributed by atoms with Gasteiger partial charge in [-0.25, -0.2) is 0 Å². The highest BCUT2D eigenvalue weighted by Gasteiger charge is 2.30. The van der Waals surface area contributed by atoms with Crippen LogP contribution in [0.3, 0.4) is 0 Å². The summed E-state index contributed by atoms with van der Waals surface area (Å²) in [5.74, 6) is -0.545. The first kappa shape index (κ1) is 15.9. The summed E-state index contributed by atoms with van der Waals surface area (Å²) in [5.41, 5.74) is -0.00945. The van der Waals surface area contributed by atoms with E-state index < -0.39 is 23.0 Å².